The number of hydrogen-bond donors (Lipinski definition) is 1. The molecule has 1 rings (SSSR count). The molecule has 1 aliphatic rings. The monoisotopic (exact) mass is 184 g/mol. The highest BCUT2D eigenvalue weighted by Crippen LogP contribution is 2.62. The molecular weight excluding hydrogens is 164 g/mol. The van der Waals surface area contributed by atoms with E-state index in [1.54, 1.807) is 0 Å². The Labute approximate surface area is 80.3 Å². The van der Waals surface area contributed by atoms with Gasteiger partial charge in [0, 0.05) is 0 Å². The molecule has 0 amide bonds. The van der Waals surface area contributed by atoms with Crippen LogP contribution in [0.4, 0.5) is 0 Å². The highest BCUT2D eigenvalue weighted by atomic mass is 16.4. The molecule has 0 unspecified atom stereocenters. The standard InChI is InChI=1S/C11H20O2/c1-9(2,3)11(8(12)13)6-10(4,5)7-11/h6-7H2,1-5H3,(H,12,13). The molecule has 2 nitrogen and oxygen atoms in total. The molecule has 1 saturated carbocycles. The zero-order valence-corrected chi connectivity index (χ0v) is 9.27. The molecule has 13 heavy (non-hydrogen) atoms. The molecule has 0 atom stereocenters. The molecule has 0 aromatic heterocycles. The van der Waals surface area contributed by atoms with E-state index >= 15 is 0 Å². The minimum Gasteiger partial charge on any atom is -0.481 e. The Morgan fingerprint density at radius 1 is 1.23 bits per heavy atom. The first-order valence-corrected chi connectivity index (χ1v) is 4.84. The molecule has 76 valence electrons. The Bertz CT molecular complexity index is 225. The van der Waals surface area contributed by atoms with Gasteiger partial charge in [-0.1, -0.05) is 34.6 Å². The number of rotatable bonds is 1. The molecule has 0 aliphatic heterocycles. The van der Waals surface area contributed by atoms with E-state index in [2.05, 4.69) is 13.8 Å². The van der Waals surface area contributed by atoms with Gasteiger partial charge in [0.05, 0.1) is 5.41 Å². The summed E-state index contributed by atoms with van der Waals surface area (Å²) in [5.74, 6) is -0.626. The number of carboxylic acids is 1. The lowest BCUT2D eigenvalue weighted by atomic mass is 9.46. The lowest BCUT2D eigenvalue weighted by Gasteiger charge is -2.57. The summed E-state index contributed by atoms with van der Waals surface area (Å²) < 4.78 is 0. The predicted molar refractivity (Wildman–Crippen MR) is 52.5 cm³/mol. The first-order chi connectivity index (χ1) is 5.61. The van der Waals surface area contributed by atoms with Gasteiger partial charge in [-0.05, 0) is 23.7 Å². The van der Waals surface area contributed by atoms with Crippen molar-refractivity contribution in [1.82, 2.24) is 0 Å². The van der Waals surface area contributed by atoms with E-state index in [1.165, 1.54) is 0 Å². The normalized spacial score (nSPS) is 25.0. The second kappa shape index (κ2) is 2.49. The average molecular weight is 184 g/mol. The topological polar surface area (TPSA) is 37.3 Å². The SMILES string of the molecule is CC1(C)CC(C(=O)O)(C(C)(C)C)C1. The van der Waals surface area contributed by atoms with Crippen molar-refractivity contribution in [1.29, 1.82) is 0 Å². The summed E-state index contributed by atoms with van der Waals surface area (Å²) >= 11 is 0. The molecule has 1 fully saturated rings. The highest BCUT2D eigenvalue weighted by Gasteiger charge is 2.60. The third-order valence-corrected chi connectivity index (χ3v) is 3.41. The quantitative estimate of drug-likeness (QED) is 0.680. The van der Waals surface area contributed by atoms with E-state index < -0.39 is 11.4 Å². The minimum atomic E-state index is -0.626. The van der Waals surface area contributed by atoms with Gasteiger partial charge in [0.1, 0.15) is 0 Å². The third-order valence-electron chi connectivity index (χ3n) is 3.41. The summed E-state index contributed by atoms with van der Waals surface area (Å²) in [5.41, 5.74) is -0.406. The van der Waals surface area contributed by atoms with Crippen molar-refractivity contribution in [3.8, 4) is 0 Å². The summed E-state index contributed by atoms with van der Waals surface area (Å²) in [7, 11) is 0. The zero-order chi connectivity index (χ0) is 10.5. The number of carboxylic acid groups (broad SMARTS) is 1. The van der Waals surface area contributed by atoms with Crippen LogP contribution in [0.3, 0.4) is 0 Å². The molecule has 0 bridgehead atoms. The number of carbonyl (C=O) groups is 1. The van der Waals surface area contributed by atoms with Crippen LogP contribution < -0.4 is 0 Å². The van der Waals surface area contributed by atoms with Gasteiger partial charge in [-0.15, -0.1) is 0 Å². The van der Waals surface area contributed by atoms with Crippen LogP contribution in [0.2, 0.25) is 0 Å². The smallest absolute Gasteiger partial charge is 0.310 e. The van der Waals surface area contributed by atoms with Crippen molar-refractivity contribution < 1.29 is 9.90 Å². The highest BCUT2D eigenvalue weighted by molar-refractivity contribution is 5.77. The van der Waals surface area contributed by atoms with Gasteiger partial charge >= 0.3 is 5.97 Å². The predicted octanol–water partition coefficient (Wildman–Crippen LogP) is 2.92. The van der Waals surface area contributed by atoms with Gasteiger partial charge in [-0.3, -0.25) is 4.79 Å². The van der Waals surface area contributed by atoms with Gasteiger partial charge in [0.2, 0.25) is 0 Å². The molecule has 0 saturated heterocycles. The van der Waals surface area contributed by atoms with Crippen molar-refractivity contribution in [2.24, 2.45) is 16.2 Å². The van der Waals surface area contributed by atoms with Gasteiger partial charge in [0.15, 0.2) is 0 Å². The van der Waals surface area contributed by atoms with E-state index in [0.717, 1.165) is 12.8 Å². The van der Waals surface area contributed by atoms with Crippen molar-refractivity contribution in [3.63, 3.8) is 0 Å². The molecule has 0 radical (unpaired) electrons. The van der Waals surface area contributed by atoms with E-state index in [9.17, 15) is 9.90 Å². The maximum absolute atomic E-state index is 11.2. The van der Waals surface area contributed by atoms with Gasteiger partial charge in [-0.2, -0.15) is 0 Å². The minimum absolute atomic E-state index is 0.131. The Morgan fingerprint density at radius 3 is 1.69 bits per heavy atom. The fourth-order valence-corrected chi connectivity index (χ4v) is 2.58. The van der Waals surface area contributed by atoms with Crippen LogP contribution >= 0.6 is 0 Å². The summed E-state index contributed by atoms with van der Waals surface area (Å²) in [6, 6.07) is 0. The average Bonchev–Trinajstić information content (AvgIpc) is 1.78. The van der Waals surface area contributed by atoms with Crippen molar-refractivity contribution in [2.45, 2.75) is 47.5 Å². The fourth-order valence-electron chi connectivity index (χ4n) is 2.58. The molecule has 2 heteroatoms. The van der Waals surface area contributed by atoms with E-state index in [1.807, 2.05) is 20.8 Å². The molecule has 1 aliphatic carbocycles. The van der Waals surface area contributed by atoms with Crippen molar-refractivity contribution in [3.05, 3.63) is 0 Å². The van der Waals surface area contributed by atoms with Crippen LogP contribution in [0.1, 0.15) is 47.5 Å². The van der Waals surface area contributed by atoms with E-state index in [-0.39, 0.29) is 10.8 Å². The Morgan fingerprint density at radius 2 is 1.62 bits per heavy atom. The van der Waals surface area contributed by atoms with Crippen LogP contribution in [0, 0.1) is 16.2 Å². The lowest BCUT2D eigenvalue weighted by molar-refractivity contribution is -0.180. The van der Waals surface area contributed by atoms with Crippen LogP contribution in [0.5, 0.6) is 0 Å². The molecular formula is C11H20O2. The molecule has 0 aromatic carbocycles. The molecule has 1 N–H and O–H groups in total. The second-order valence-electron chi connectivity index (χ2n) is 6.16. The van der Waals surface area contributed by atoms with Gasteiger partial charge in [0.25, 0.3) is 0 Å². The largest absolute Gasteiger partial charge is 0.481 e. The van der Waals surface area contributed by atoms with Crippen molar-refractivity contribution in [2.75, 3.05) is 0 Å². The number of aliphatic carboxylic acids is 1. The van der Waals surface area contributed by atoms with Crippen LogP contribution in [0.25, 0.3) is 0 Å². The number of hydrogen-bond acceptors (Lipinski definition) is 1. The summed E-state index contributed by atoms with van der Waals surface area (Å²) in [6.45, 7) is 10.4. The second-order valence-corrected chi connectivity index (χ2v) is 6.16. The molecule has 0 heterocycles. The maximum Gasteiger partial charge on any atom is 0.310 e. The van der Waals surface area contributed by atoms with E-state index in [0.29, 0.717) is 0 Å². The van der Waals surface area contributed by atoms with Crippen LogP contribution in [-0.2, 0) is 4.79 Å². The third kappa shape index (κ3) is 1.47. The maximum atomic E-state index is 11.2. The Kier molecular flexibility index (Phi) is 2.02. The first-order valence-electron chi connectivity index (χ1n) is 4.84. The van der Waals surface area contributed by atoms with Crippen LogP contribution in [0.15, 0.2) is 0 Å². The van der Waals surface area contributed by atoms with Crippen LogP contribution in [-0.4, -0.2) is 11.1 Å². The fraction of sp³-hybridized carbons (Fsp3) is 0.909. The Balaban J connectivity index is 2.91. The van der Waals surface area contributed by atoms with Gasteiger partial charge < -0.3 is 5.11 Å². The lowest BCUT2D eigenvalue weighted by Crippen LogP contribution is -2.55. The molecule has 0 spiro atoms. The van der Waals surface area contributed by atoms with E-state index in [4.69, 9.17) is 0 Å². The summed E-state index contributed by atoms with van der Waals surface area (Å²) in [6.07, 6.45) is 1.61. The summed E-state index contributed by atoms with van der Waals surface area (Å²) in [5, 5.41) is 9.25. The van der Waals surface area contributed by atoms with Gasteiger partial charge in [-0.25, -0.2) is 0 Å². The van der Waals surface area contributed by atoms with Crippen molar-refractivity contribution >= 4 is 5.97 Å². The Hall–Kier alpha value is -0.530. The molecule has 0 aromatic rings. The zero-order valence-electron chi connectivity index (χ0n) is 9.27. The first kappa shape index (κ1) is 10.6. The summed E-state index contributed by atoms with van der Waals surface area (Å²) in [4.78, 5) is 11.2.